The monoisotopic (exact) mass is 604 g/mol. The van der Waals surface area contributed by atoms with Gasteiger partial charge < -0.3 is 0 Å². The van der Waals surface area contributed by atoms with Gasteiger partial charge in [0, 0.05) is 0 Å². The van der Waals surface area contributed by atoms with Gasteiger partial charge in [0.15, 0.2) is 23.3 Å². The Hall–Kier alpha value is -6.54. The third-order valence-electron chi connectivity index (χ3n) is 7.41. The molecule has 20 nitrogen and oxygen atoms in total. The molecule has 0 radical (unpaired) electrons. The van der Waals surface area contributed by atoms with E-state index in [0.29, 0.717) is 0 Å². The molecule has 222 valence electrons. The van der Waals surface area contributed by atoms with E-state index in [4.69, 9.17) is 0 Å². The molecule has 20 heteroatoms. The molecule has 0 aliphatic carbocycles. The van der Waals surface area contributed by atoms with Crippen molar-refractivity contribution in [3.8, 4) is 0 Å². The zero-order valence-electron chi connectivity index (χ0n) is 21.5. The quantitative estimate of drug-likeness (QED) is 0.0979. The van der Waals surface area contributed by atoms with Gasteiger partial charge in [-0.3, -0.25) is 69.5 Å². The molecule has 0 amide bonds. The van der Waals surface area contributed by atoms with Crippen molar-refractivity contribution in [3.63, 3.8) is 0 Å². The van der Waals surface area contributed by atoms with Gasteiger partial charge in [-0.2, -0.15) is 10.1 Å². The summed E-state index contributed by atoms with van der Waals surface area (Å²) in [6, 6.07) is 5.75. The van der Waals surface area contributed by atoms with Crippen molar-refractivity contribution < 1.29 is 10.4 Å². The third kappa shape index (κ3) is 3.65. The lowest BCUT2D eigenvalue weighted by atomic mass is 9.80. The number of nitrogens with one attached hydrogen (secondary N) is 8. The topological polar surface area (TPSA) is 310 Å². The first kappa shape index (κ1) is 26.4. The third-order valence-corrected chi connectivity index (χ3v) is 7.41. The molecule has 0 unspecified atom stereocenters. The SMILES string of the molecule is O=c1[nH]c2c(c(=O)[nH]1)C(c1cccc(C3c4c([nH]c(=O)[nH]c4=O)N(O)c4[nH]c(=O)[nH]c(=O)c43)c1)c1c([nH]c(=O)[nH]c1=O)N2O. The molecule has 10 N–H and O–H groups in total. The van der Waals surface area contributed by atoms with Crippen LogP contribution in [0.3, 0.4) is 0 Å². The number of anilines is 4. The summed E-state index contributed by atoms with van der Waals surface area (Å²) >= 11 is 0. The van der Waals surface area contributed by atoms with Crippen LogP contribution in [0.1, 0.15) is 45.2 Å². The van der Waals surface area contributed by atoms with E-state index >= 15 is 0 Å². The van der Waals surface area contributed by atoms with Crippen LogP contribution in [0.4, 0.5) is 23.3 Å². The predicted octanol–water partition coefficient (Wildman–Crippen LogP) is -2.77. The molecule has 44 heavy (non-hydrogen) atoms. The van der Waals surface area contributed by atoms with Crippen LogP contribution in [-0.2, 0) is 0 Å². The van der Waals surface area contributed by atoms with Gasteiger partial charge in [0.2, 0.25) is 0 Å². The van der Waals surface area contributed by atoms with E-state index in [9.17, 15) is 48.8 Å². The smallest absolute Gasteiger partial charge is 0.291 e. The molecule has 5 aromatic rings. The molecule has 2 aliphatic heterocycles. The number of benzene rings is 1. The minimum Gasteiger partial charge on any atom is -0.291 e. The zero-order valence-corrected chi connectivity index (χ0v) is 21.5. The summed E-state index contributed by atoms with van der Waals surface area (Å²) in [5, 5.41) is 22.2. The maximum Gasteiger partial charge on any atom is 0.327 e. The van der Waals surface area contributed by atoms with E-state index in [1.54, 1.807) is 0 Å². The van der Waals surface area contributed by atoms with Gasteiger partial charge >= 0.3 is 22.8 Å². The fourth-order valence-corrected chi connectivity index (χ4v) is 5.77. The largest absolute Gasteiger partial charge is 0.327 e. The first-order chi connectivity index (χ1) is 20.9. The summed E-state index contributed by atoms with van der Waals surface area (Å²) in [6.07, 6.45) is 0. The summed E-state index contributed by atoms with van der Waals surface area (Å²) < 4.78 is 0. The normalized spacial score (nSPS) is 14.1. The van der Waals surface area contributed by atoms with Gasteiger partial charge in [0.05, 0.1) is 34.1 Å². The molecule has 6 heterocycles. The number of nitrogens with zero attached hydrogens (tertiary/aromatic N) is 2. The van der Waals surface area contributed by atoms with E-state index in [1.165, 1.54) is 24.3 Å². The van der Waals surface area contributed by atoms with Crippen LogP contribution in [0.25, 0.3) is 0 Å². The maximum atomic E-state index is 13.1. The number of hydrogen-bond donors (Lipinski definition) is 10. The molecular formula is C24H16N10O10. The Morgan fingerprint density at radius 2 is 0.727 bits per heavy atom. The average molecular weight is 604 g/mol. The maximum absolute atomic E-state index is 13.1. The predicted molar refractivity (Wildman–Crippen MR) is 147 cm³/mol. The highest BCUT2D eigenvalue weighted by Gasteiger charge is 2.40. The van der Waals surface area contributed by atoms with Gasteiger partial charge in [0.25, 0.3) is 22.2 Å². The minimum absolute atomic E-state index is 0.143. The number of aromatic nitrogens is 8. The van der Waals surface area contributed by atoms with Gasteiger partial charge in [-0.05, 0) is 11.1 Å². The van der Waals surface area contributed by atoms with Crippen LogP contribution in [0.5, 0.6) is 0 Å². The molecule has 7 rings (SSSR count). The van der Waals surface area contributed by atoms with Crippen LogP contribution in [0, 0.1) is 0 Å². The van der Waals surface area contributed by atoms with Gasteiger partial charge in [0.1, 0.15) is 0 Å². The number of H-pyrrole nitrogens is 8. The molecule has 0 fully saturated rings. The number of hydrogen-bond acceptors (Lipinski definition) is 12. The lowest BCUT2D eigenvalue weighted by molar-refractivity contribution is 0.288. The standard InChI is InChI=1S/C24H16N10O10/c35-17-9-7(10-14(26-22(40)30-18(10)36)33(43)13(9)25-21(39)29-17)5-2-1-3-6(4-5)8-11-15(27-23(41)31-19(11)37)34(44)16-12(8)20(38)32-24(42)28-16/h1-4,7-8,43-44H,(H2,25,29,35,39)(H2,26,30,36,40)(H2,27,31,37,41)(H2,28,32,38,42). The summed E-state index contributed by atoms with van der Waals surface area (Å²) in [6.45, 7) is 0. The summed E-state index contributed by atoms with van der Waals surface area (Å²) in [5.74, 6) is -4.51. The van der Waals surface area contributed by atoms with E-state index in [1.807, 2.05) is 19.9 Å². The van der Waals surface area contributed by atoms with Crippen LogP contribution >= 0.6 is 0 Å². The Morgan fingerprint density at radius 1 is 0.455 bits per heavy atom. The van der Waals surface area contributed by atoms with Gasteiger partial charge in [-0.15, -0.1) is 0 Å². The Kier molecular flexibility index (Phi) is 5.38. The Labute approximate surface area is 236 Å². The summed E-state index contributed by atoms with van der Waals surface area (Å²) in [5.41, 5.74) is -8.85. The van der Waals surface area contributed by atoms with E-state index in [0.717, 1.165) is 0 Å². The minimum atomic E-state index is -1.36. The molecule has 0 saturated heterocycles. The lowest BCUT2D eigenvalue weighted by Crippen LogP contribution is -2.41. The molecule has 4 aromatic heterocycles. The highest BCUT2D eigenvalue weighted by atomic mass is 16.5. The van der Waals surface area contributed by atoms with E-state index in [-0.39, 0.29) is 43.5 Å². The molecule has 0 saturated carbocycles. The molecular weight excluding hydrogens is 588 g/mol. The van der Waals surface area contributed by atoms with Crippen molar-refractivity contribution in [2.45, 2.75) is 11.8 Å². The van der Waals surface area contributed by atoms with Crippen LogP contribution in [-0.4, -0.2) is 50.3 Å². The van der Waals surface area contributed by atoms with Crippen molar-refractivity contribution >= 4 is 23.3 Å². The van der Waals surface area contributed by atoms with Gasteiger partial charge in [-0.1, -0.05) is 24.3 Å². The highest BCUT2D eigenvalue weighted by molar-refractivity contribution is 5.72. The fourth-order valence-electron chi connectivity index (χ4n) is 5.77. The molecule has 0 atom stereocenters. The number of fused-ring (bicyclic) bond motifs is 4. The van der Waals surface area contributed by atoms with E-state index in [2.05, 4.69) is 19.9 Å². The zero-order chi connectivity index (χ0) is 31.2. The second-order valence-corrected chi connectivity index (χ2v) is 9.84. The van der Waals surface area contributed by atoms with Crippen molar-refractivity contribution in [3.05, 3.63) is 141 Å². The number of rotatable bonds is 2. The molecule has 1 aromatic carbocycles. The second-order valence-electron chi connectivity index (χ2n) is 9.84. The average Bonchev–Trinajstić information content (AvgIpc) is 2.95. The lowest BCUT2D eigenvalue weighted by Gasteiger charge is -2.32. The van der Waals surface area contributed by atoms with E-state index < -0.39 is 80.1 Å². The van der Waals surface area contributed by atoms with Crippen molar-refractivity contribution in [2.24, 2.45) is 0 Å². The molecule has 2 aliphatic rings. The van der Waals surface area contributed by atoms with Crippen molar-refractivity contribution in [1.82, 2.24) is 39.9 Å². The van der Waals surface area contributed by atoms with Crippen LogP contribution in [0.15, 0.2) is 62.6 Å². The Balaban J connectivity index is 1.55. The molecule has 0 spiro atoms. The van der Waals surface area contributed by atoms with Crippen LogP contribution in [0.2, 0.25) is 0 Å². The number of aromatic amines is 8. The first-order valence-electron chi connectivity index (χ1n) is 12.5. The molecule has 0 bridgehead atoms. The second kappa shape index (κ2) is 8.98. The highest BCUT2D eigenvalue weighted by Crippen LogP contribution is 2.45. The summed E-state index contributed by atoms with van der Waals surface area (Å²) in [7, 11) is 0. The Morgan fingerprint density at radius 3 is 1.00 bits per heavy atom. The van der Waals surface area contributed by atoms with Crippen molar-refractivity contribution in [1.29, 1.82) is 0 Å². The summed E-state index contributed by atoms with van der Waals surface area (Å²) in [4.78, 5) is 118. The van der Waals surface area contributed by atoms with Crippen molar-refractivity contribution in [2.75, 3.05) is 10.1 Å². The fraction of sp³-hybridized carbons (Fsp3) is 0.0833. The first-order valence-corrected chi connectivity index (χ1v) is 12.5. The Bertz CT molecular complexity index is 2220. The van der Waals surface area contributed by atoms with Gasteiger partial charge in [-0.25, -0.2) is 19.2 Å². The van der Waals surface area contributed by atoms with Crippen LogP contribution < -0.4 is 55.1 Å².